The van der Waals surface area contributed by atoms with Crippen LogP contribution in [0.1, 0.15) is 33.7 Å². The third kappa shape index (κ3) is 4.46. The zero-order chi connectivity index (χ0) is 22.1. The van der Waals surface area contributed by atoms with Gasteiger partial charge in [-0.3, -0.25) is 14.6 Å². The summed E-state index contributed by atoms with van der Waals surface area (Å²) in [6.45, 7) is 4.10. The number of nitrogens with one attached hydrogen (secondary N) is 5. The number of carbonyl (C=O) groups is 2. The minimum Gasteiger partial charge on any atom is -0.389 e. The lowest BCUT2D eigenvalue weighted by molar-refractivity contribution is -0.115. The number of nitrogens with zero attached hydrogens (tertiary/aromatic N) is 1. The molecule has 1 aromatic heterocycles. The quantitative estimate of drug-likeness (QED) is 0.262. The molecule has 164 valence electrons. The Hall–Kier alpha value is -2.82. The van der Waals surface area contributed by atoms with E-state index in [4.69, 9.17) is 0 Å². The third-order valence-corrected chi connectivity index (χ3v) is 6.05. The smallest absolute Gasteiger partial charge is 0.256 e. The number of halogens is 1. The first-order valence-corrected chi connectivity index (χ1v) is 10.9. The summed E-state index contributed by atoms with van der Waals surface area (Å²) in [6.07, 6.45) is 9.37. The number of aliphatic hydroxyl groups is 1. The lowest BCUT2D eigenvalue weighted by Crippen LogP contribution is -2.44. The highest BCUT2D eigenvalue weighted by Gasteiger charge is 2.30. The van der Waals surface area contributed by atoms with Crippen molar-refractivity contribution in [1.82, 2.24) is 31.6 Å². The average Bonchev–Trinajstić information content (AvgIpc) is 3.40. The van der Waals surface area contributed by atoms with Gasteiger partial charge in [-0.1, -0.05) is 28.1 Å². The minimum atomic E-state index is -0.745. The maximum Gasteiger partial charge on any atom is 0.256 e. The first kappa shape index (κ1) is 21.4. The number of aromatic nitrogens is 1. The van der Waals surface area contributed by atoms with Crippen molar-refractivity contribution in [1.29, 1.82) is 0 Å². The van der Waals surface area contributed by atoms with Gasteiger partial charge in [-0.05, 0) is 31.9 Å². The van der Waals surface area contributed by atoms with Crippen molar-refractivity contribution in [3.8, 4) is 0 Å². The number of aromatic amines is 1. The second kappa shape index (κ2) is 8.74. The second-order valence-corrected chi connectivity index (χ2v) is 8.89. The van der Waals surface area contributed by atoms with Crippen LogP contribution in [0.25, 0.3) is 6.08 Å². The van der Waals surface area contributed by atoms with Crippen LogP contribution in [0.2, 0.25) is 0 Å². The summed E-state index contributed by atoms with van der Waals surface area (Å²) in [4.78, 5) is 28.7. The molecular weight excluding hydrogens is 464 g/mol. The van der Waals surface area contributed by atoms with E-state index in [9.17, 15) is 14.7 Å². The lowest BCUT2D eigenvalue weighted by atomic mass is 9.98. The summed E-state index contributed by atoms with van der Waals surface area (Å²) in [7, 11) is 0. The number of hydrogen-bond donors (Lipinski definition) is 6. The summed E-state index contributed by atoms with van der Waals surface area (Å²) < 4.78 is 0. The molecule has 4 rings (SSSR count). The zero-order valence-electron chi connectivity index (χ0n) is 17.3. The van der Waals surface area contributed by atoms with E-state index in [-0.39, 0.29) is 23.2 Å². The Kier molecular flexibility index (Phi) is 6.03. The van der Waals surface area contributed by atoms with E-state index >= 15 is 0 Å². The molecule has 31 heavy (non-hydrogen) atoms. The Labute approximate surface area is 188 Å². The summed E-state index contributed by atoms with van der Waals surface area (Å²) in [6, 6.07) is 0. The summed E-state index contributed by atoms with van der Waals surface area (Å²) in [5, 5.41) is 17.5. The normalized spacial score (nSPS) is 22.1. The third-order valence-electron chi connectivity index (χ3n) is 5.41. The number of rotatable bonds is 6. The van der Waals surface area contributed by atoms with Gasteiger partial charge in [0.05, 0.1) is 23.8 Å². The van der Waals surface area contributed by atoms with Gasteiger partial charge in [0.25, 0.3) is 11.8 Å². The average molecular weight is 489 g/mol. The van der Waals surface area contributed by atoms with Crippen molar-refractivity contribution in [3.05, 3.63) is 63.9 Å². The fourth-order valence-corrected chi connectivity index (χ4v) is 4.32. The number of aliphatic hydroxyl groups excluding tert-OH is 1. The molecule has 1 aliphatic carbocycles. The molecule has 1 fully saturated rings. The maximum absolute atomic E-state index is 12.8. The molecule has 0 saturated carbocycles. The van der Waals surface area contributed by atoms with E-state index < -0.39 is 6.10 Å². The largest absolute Gasteiger partial charge is 0.389 e. The highest BCUT2D eigenvalue weighted by molar-refractivity contribution is 9.09. The number of hydrogen-bond acceptors (Lipinski definition) is 6. The van der Waals surface area contributed by atoms with Crippen molar-refractivity contribution in [2.45, 2.75) is 31.2 Å². The van der Waals surface area contributed by atoms with Crippen molar-refractivity contribution < 1.29 is 14.7 Å². The van der Waals surface area contributed by atoms with E-state index in [1.807, 2.05) is 26.0 Å². The van der Waals surface area contributed by atoms with Crippen molar-refractivity contribution in [2.75, 3.05) is 13.1 Å². The van der Waals surface area contributed by atoms with Crippen LogP contribution < -0.4 is 21.6 Å². The maximum atomic E-state index is 12.8. The Morgan fingerprint density at radius 1 is 1.45 bits per heavy atom. The first-order valence-electron chi connectivity index (χ1n) is 10.0. The predicted molar refractivity (Wildman–Crippen MR) is 120 cm³/mol. The lowest BCUT2D eigenvalue weighted by Gasteiger charge is -2.19. The van der Waals surface area contributed by atoms with Gasteiger partial charge >= 0.3 is 0 Å². The molecule has 2 aliphatic heterocycles. The van der Waals surface area contributed by atoms with Crippen LogP contribution in [0.3, 0.4) is 0 Å². The van der Waals surface area contributed by atoms with Crippen LogP contribution in [0.15, 0.2) is 41.4 Å². The number of H-pyrrole nitrogens is 1. The number of hydrazine groups is 2. The van der Waals surface area contributed by atoms with E-state index in [2.05, 4.69) is 42.5 Å². The number of allylic oxidation sites excluding steroid dienone is 3. The van der Waals surface area contributed by atoms with Gasteiger partial charge in [0.1, 0.15) is 0 Å². The van der Waals surface area contributed by atoms with Crippen molar-refractivity contribution >= 4 is 33.8 Å². The Balaban J connectivity index is 1.49. The van der Waals surface area contributed by atoms with Crippen LogP contribution in [0.5, 0.6) is 0 Å². The van der Waals surface area contributed by atoms with E-state index in [1.165, 1.54) is 0 Å². The van der Waals surface area contributed by atoms with Crippen LogP contribution in [-0.4, -0.2) is 50.9 Å². The van der Waals surface area contributed by atoms with E-state index in [0.29, 0.717) is 29.1 Å². The molecule has 1 aromatic rings. The van der Waals surface area contributed by atoms with Gasteiger partial charge < -0.3 is 26.1 Å². The number of alkyl halides is 1. The number of carbonyl (C=O) groups excluding carboxylic acids is 2. The molecule has 2 amide bonds. The fraction of sp³-hybridized carbons (Fsp3) is 0.333. The molecule has 10 heteroatoms. The molecular formula is C21H25BrN6O3. The molecule has 0 bridgehead atoms. The van der Waals surface area contributed by atoms with Gasteiger partial charge in [-0.2, -0.15) is 0 Å². The molecule has 2 atom stereocenters. The first-order chi connectivity index (χ1) is 14.8. The Morgan fingerprint density at radius 2 is 2.26 bits per heavy atom. The molecule has 2 unspecified atom stereocenters. The highest BCUT2D eigenvalue weighted by Crippen LogP contribution is 2.33. The van der Waals surface area contributed by atoms with Gasteiger partial charge in [0.2, 0.25) is 0 Å². The van der Waals surface area contributed by atoms with Gasteiger partial charge in [0, 0.05) is 46.4 Å². The van der Waals surface area contributed by atoms with Gasteiger partial charge in [0.15, 0.2) is 0 Å². The predicted octanol–water partition coefficient (Wildman–Crippen LogP) is 1.01. The van der Waals surface area contributed by atoms with Crippen molar-refractivity contribution in [3.63, 3.8) is 0 Å². The van der Waals surface area contributed by atoms with Crippen molar-refractivity contribution in [2.24, 2.45) is 0 Å². The van der Waals surface area contributed by atoms with Gasteiger partial charge in [-0.15, -0.1) is 5.53 Å². The Morgan fingerprint density at radius 3 is 3.00 bits per heavy atom. The van der Waals surface area contributed by atoms with Gasteiger partial charge in [-0.25, -0.2) is 0 Å². The van der Waals surface area contributed by atoms with Crippen LogP contribution >= 0.6 is 15.9 Å². The van der Waals surface area contributed by atoms with Crippen LogP contribution in [0.4, 0.5) is 0 Å². The highest BCUT2D eigenvalue weighted by atomic mass is 79.9. The number of fused-ring (bicyclic) bond motifs is 1. The molecule has 0 aromatic carbocycles. The zero-order valence-corrected chi connectivity index (χ0v) is 18.8. The molecule has 0 spiro atoms. The molecule has 3 heterocycles. The molecule has 9 nitrogen and oxygen atoms in total. The SMILES string of the molecule is Cc1[nH]c(/C=C2\C(=O)NC3=CCC(Br)C=C32)c(C)c1C(=O)NCC(O)CN1C=CNN1. The second-order valence-electron chi connectivity index (χ2n) is 7.71. The van der Waals surface area contributed by atoms with Crippen LogP contribution in [0, 0.1) is 13.8 Å². The number of β-amino-alcohol motifs (C(OH)–C–C–N with tert-alkyl or cyclic N) is 1. The number of amides is 2. The number of aryl methyl sites for hydroxylation is 1. The summed E-state index contributed by atoms with van der Waals surface area (Å²) in [5.41, 5.74) is 10.6. The summed E-state index contributed by atoms with van der Waals surface area (Å²) in [5.74, 6) is -0.425. The monoisotopic (exact) mass is 488 g/mol. The molecule has 3 aliphatic rings. The fourth-order valence-electron chi connectivity index (χ4n) is 3.87. The molecule has 1 saturated heterocycles. The van der Waals surface area contributed by atoms with Crippen LogP contribution in [-0.2, 0) is 4.79 Å². The Bertz CT molecular complexity index is 1040. The summed E-state index contributed by atoms with van der Waals surface area (Å²) >= 11 is 3.58. The minimum absolute atomic E-state index is 0.113. The van der Waals surface area contributed by atoms with E-state index in [0.717, 1.165) is 23.3 Å². The van der Waals surface area contributed by atoms with E-state index in [1.54, 1.807) is 23.5 Å². The molecule has 6 N–H and O–H groups in total. The standard InChI is InChI=1S/C21H25BrN6O3/c1-11-18(8-16-15-7-13(22)3-4-17(15)26-20(16)30)25-12(2)19(11)21(31)23-9-14(29)10-28-6-5-24-27-28/h4-8,13-14,24-25,27,29H,3,9-10H2,1-2H3,(H,23,31)(H,26,30)/b16-8-. The molecule has 0 radical (unpaired) electrons. The topological polar surface area (TPSA) is 122 Å².